The van der Waals surface area contributed by atoms with E-state index >= 15 is 0 Å². The molecule has 0 saturated carbocycles. The predicted molar refractivity (Wildman–Crippen MR) is 47.7 cm³/mol. The molecule has 0 fully saturated rings. The van der Waals surface area contributed by atoms with Crippen molar-refractivity contribution < 1.29 is 18.3 Å². The van der Waals surface area contributed by atoms with E-state index in [9.17, 15) is 13.2 Å². The predicted octanol–water partition coefficient (Wildman–Crippen LogP) is -0.549. The molecular weight excluding hydrogens is 208 g/mol. The third kappa shape index (κ3) is 2.32. The molecule has 0 aliphatic heterocycles. The summed E-state index contributed by atoms with van der Waals surface area (Å²) in [6.07, 6.45) is 2.06. The van der Waals surface area contributed by atoms with Crippen molar-refractivity contribution in [3.63, 3.8) is 0 Å². The van der Waals surface area contributed by atoms with Gasteiger partial charge in [0.25, 0.3) is 0 Å². The number of sulfone groups is 1. The molecule has 1 aromatic heterocycles. The highest BCUT2D eigenvalue weighted by Crippen LogP contribution is 2.13. The summed E-state index contributed by atoms with van der Waals surface area (Å²) in [7, 11) is -1.91. The minimum atomic E-state index is -3.45. The van der Waals surface area contributed by atoms with Crippen LogP contribution in [0.3, 0.4) is 0 Å². The maximum Gasteiger partial charge on any atom is 0.307 e. The lowest BCUT2D eigenvalue weighted by Crippen LogP contribution is -2.06. The number of hydrogen-bond donors (Lipinski definition) is 1. The number of hydrogen-bond acceptors (Lipinski definition) is 4. The van der Waals surface area contributed by atoms with Gasteiger partial charge in [0.2, 0.25) is 0 Å². The fourth-order valence-electron chi connectivity index (χ4n) is 1.11. The summed E-state index contributed by atoms with van der Waals surface area (Å²) in [5.74, 6) is -1.08. The van der Waals surface area contributed by atoms with Crippen LogP contribution in [0, 0.1) is 0 Å². The van der Waals surface area contributed by atoms with Gasteiger partial charge < -0.3 is 5.11 Å². The van der Waals surface area contributed by atoms with Gasteiger partial charge in [0.1, 0.15) is 0 Å². The number of rotatable bonds is 3. The number of nitrogens with zero attached hydrogens (tertiary/aromatic N) is 2. The van der Waals surface area contributed by atoms with Crippen LogP contribution in [0.4, 0.5) is 0 Å². The Kier molecular flexibility index (Phi) is 2.61. The molecule has 78 valence electrons. The molecule has 1 rings (SSSR count). The number of carboxylic acid groups (broad SMARTS) is 1. The van der Waals surface area contributed by atoms with E-state index in [1.165, 1.54) is 10.9 Å². The quantitative estimate of drug-likeness (QED) is 0.735. The first-order chi connectivity index (χ1) is 6.30. The molecule has 1 N–H and O–H groups in total. The lowest BCUT2D eigenvalue weighted by atomic mass is 10.3. The van der Waals surface area contributed by atoms with Crippen molar-refractivity contribution in [1.29, 1.82) is 0 Å². The van der Waals surface area contributed by atoms with E-state index in [-0.39, 0.29) is 17.0 Å². The average molecular weight is 218 g/mol. The standard InChI is InChI=1S/C7H10N2O4S/c1-9-4-5(3-6(10)11)7(8-9)14(2,12)13/h4H,3H2,1-2H3,(H,10,11). The van der Waals surface area contributed by atoms with Crippen molar-refractivity contribution in [3.05, 3.63) is 11.8 Å². The second kappa shape index (κ2) is 3.41. The molecule has 6 nitrogen and oxygen atoms in total. The van der Waals surface area contributed by atoms with E-state index in [1.807, 2.05) is 0 Å². The Balaban J connectivity index is 3.23. The molecule has 0 atom stereocenters. The summed E-state index contributed by atoms with van der Waals surface area (Å²) in [4.78, 5) is 10.4. The molecule has 0 aliphatic carbocycles. The summed E-state index contributed by atoms with van der Waals surface area (Å²) in [5, 5.41) is 12.1. The second-order valence-electron chi connectivity index (χ2n) is 2.98. The number of aromatic nitrogens is 2. The molecule has 0 aromatic carbocycles. The van der Waals surface area contributed by atoms with Gasteiger partial charge in [0.15, 0.2) is 14.9 Å². The molecule has 0 bridgehead atoms. The van der Waals surface area contributed by atoms with Gasteiger partial charge in [-0.05, 0) is 0 Å². The van der Waals surface area contributed by atoms with Crippen LogP contribution in [0.5, 0.6) is 0 Å². The van der Waals surface area contributed by atoms with Crippen LogP contribution in [-0.4, -0.2) is 35.5 Å². The summed E-state index contributed by atoms with van der Waals surface area (Å²) in [6, 6.07) is 0. The molecular formula is C7H10N2O4S. The van der Waals surface area contributed by atoms with E-state index in [2.05, 4.69) is 5.10 Å². The second-order valence-corrected chi connectivity index (χ2v) is 4.91. The number of carbonyl (C=O) groups is 1. The smallest absolute Gasteiger partial charge is 0.307 e. The minimum Gasteiger partial charge on any atom is -0.481 e. The lowest BCUT2D eigenvalue weighted by molar-refractivity contribution is -0.136. The normalized spacial score (nSPS) is 11.6. The monoisotopic (exact) mass is 218 g/mol. The van der Waals surface area contributed by atoms with E-state index in [0.29, 0.717) is 0 Å². The Morgan fingerprint density at radius 2 is 2.21 bits per heavy atom. The maximum absolute atomic E-state index is 11.2. The summed E-state index contributed by atoms with van der Waals surface area (Å²) >= 11 is 0. The van der Waals surface area contributed by atoms with Crippen molar-refractivity contribution in [2.45, 2.75) is 11.4 Å². The fraction of sp³-hybridized carbons (Fsp3) is 0.429. The van der Waals surface area contributed by atoms with Gasteiger partial charge in [-0.25, -0.2) is 8.42 Å². The molecule has 0 spiro atoms. The zero-order chi connectivity index (χ0) is 10.9. The van der Waals surface area contributed by atoms with Crippen LogP contribution in [-0.2, 0) is 28.1 Å². The van der Waals surface area contributed by atoms with Crippen molar-refractivity contribution in [2.24, 2.45) is 7.05 Å². The van der Waals surface area contributed by atoms with E-state index in [0.717, 1.165) is 6.26 Å². The van der Waals surface area contributed by atoms with Gasteiger partial charge in [-0.3, -0.25) is 9.48 Å². The highest BCUT2D eigenvalue weighted by Gasteiger charge is 2.19. The van der Waals surface area contributed by atoms with Gasteiger partial charge in [-0.1, -0.05) is 0 Å². The van der Waals surface area contributed by atoms with Crippen LogP contribution in [0.1, 0.15) is 5.56 Å². The number of aryl methyl sites for hydroxylation is 1. The van der Waals surface area contributed by atoms with Crippen LogP contribution in [0.15, 0.2) is 11.2 Å². The third-order valence-corrected chi connectivity index (χ3v) is 2.61. The van der Waals surface area contributed by atoms with Crippen molar-refractivity contribution in [2.75, 3.05) is 6.26 Å². The van der Waals surface area contributed by atoms with Crippen LogP contribution < -0.4 is 0 Å². The lowest BCUT2D eigenvalue weighted by Gasteiger charge is -1.95. The van der Waals surface area contributed by atoms with Crippen molar-refractivity contribution in [3.8, 4) is 0 Å². The zero-order valence-electron chi connectivity index (χ0n) is 7.76. The summed E-state index contributed by atoms with van der Waals surface area (Å²) in [5.41, 5.74) is 0.211. The fourth-order valence-corrected chi connectivity index (χ4v) is 1.99. The number of aliphatic carboxylic acids is 1. The van der Waals surface area contributed by atoms with Crippen LogP contribution >= 0.6 is 0 Å². The van der Waals surface area contributed by atoms with E-state index < -0.39 is 15.8 Å². The first-order valence-corrected chi connectivity index (χ1v) is 5.64. The Hall–Kier alpha value is -1.37. The Morgan fingerprint density at radius 1 is 1.64 bits per heavy atom. The molecule has 7 heteroatoms. The summed E-state index contributed by atoms with van der Waals surface area (Å²) in [6.45, 7) is 0. The molecule has 0 aliphatic rings. The minimum absolute atomic E-state index is 0.164. The Labute approximate surface area is 81.1 Å². The average Bonchev–Trinajstić information content (AvgIpc) is 2.28. The molecule has 0 unspecified atom stereocenters. The van der Waals surface area contributed by atoms with E-state index in [1.54, 1.807) is 7.05 Å². The molecule has 0 radical (unpaired) electrons. The maximum atomic E-state index is 11.2. The van der Waals surface area contributed by atoms with Crippen LogP contribution in [0.2, 0.25) is 0 Å². The zero-order valence-corrected chi connectivity index (χ0v) is 8.58. The van der Waals surface area contributed by atoms with Gasteiger partial charge >= 0.3 is 5.97 Å². The largest absolute Gasteiger partial charge is 0.481 e. The Bertz CT molecular complexity index is 460. The SMILES string of the molecule is Cn1cc(CC(=O)O)c(S(C)(=O)=O)n1. The van der Waals surface area contributed by atoms with E-state index in [4.69, 9.17) is 5.11 Å². The highest BCUT2D eigenvalue weighted by molar-refractivity contribution is 7.90. The molecule has 1 heterocycles. The van der Waals surface area contributed by atoms with Gasteiger partial charge in [0.05, 0.1) is 6.42 Å². The van der Waals surface area contributed by atoms with Gasteiger partial charge in [0, 0.05) is 25.1 Å². The first-order valence-electron chi connectivity index (χ1n) is 3.75. The molecule has 1 aromatic rings. The van der Waals surface area contributed by atoms with Crippen LogP contribution in [0.25, 0.3) is 0 Å². The Morgan fingerprint density at radius 3 is 2.64 bits per heavy atom. The molecule has 0 saturated heterocycles. The highest BCUT2D eigenvalue weighted by atomic mass is 32.2. The van der Waals surface area contributed by atoms with Gasteiger partial charge in [-0.2, -0.15) is 5.10 Å². The number of carboxylic acids is 1. The molecule has 14 heavy (non-hydrogen) atoms. The summed E-state index contributed by atoms with van der Waals surface area (Å²) < 4.78 is 23.6. The van der Waals surface area contributed by atoms with Crippen molar-refractivity contribution in [1.82, 2.24) is 9.78 Å². The third-order valence-electron chi connectivity index (χ3n) is 1.56. The van der Waals surface area contributed by atoms with Gasteiger partial charge in [-0.15, -0.1) is 0 Å². The molecule has 0 amide bonds. The first kappa shape index (κ1) is 10.7. The topological polar surface area (TPSA) is 89.3 Å². The van der Waals surface area contributed by atoms with Crippen molar-refractivity contribution >= 4 is 15.8 Å².